The predicted octanol–water partition coefficient (Wildman–Crippen LogP) is 0.159. The van der Waals surface area contributed by atoms with E-state index < -0.39 is 33.9 Å². The van der Waals surface area contributed by atoms with Gasteiger partial charge >= 0.3 is 5.97 Å². The molecule has 150 valence electrons. The first kappa shape index (κ1) is 22.7. The average Bonchev–Trinajstić information content (AvgIpc) is 2.58. The number of rotatable bonds is 7. The van der Waals surface area contributed by atoms with Gasteiger partial charge in [-0.25, -0.2) is 17.5 Å². The minimum atomic E-state index is -4.13. The Hall–Kier alpha value is -2.33. The van der Waals surface area contributed by atoms with Crippen LogP contribution in [0.25, 0.3) is 0 Å². The Morgan fingerprint density at radius 2 is 1.85 bits per heavy atom. The number of aryl methyl sites for hydroxylation is 1. The monoisotopic (exact) mass is 418 g/mol. The smallest absolute Gasteiger partial charge is 0.330 e. The number of β-lactam (4-membered cyclic amide) rings is 1. The highest BCUT2D eigenvalue weighted by Gasteiger charge is 2.57. The molecule has 0 unspecified atom stereocenters. The molecule has 9 nitrogen and oxygen atoms in total. The van der Waals surface area contributed by atoms with Gasteiger partial charge in [0.05, 0.1) is 17.9 Å². The van der Waals surface area contributed by atoms with Crippen molar-refractivity contribution in [1.29, 1.82) is 0 Å². The second-order valence-corrected chi connectivity index (χ2v) is 7.79. The SMILES string of the molecule is COC(=O)[C@H]1[C@H](CCCN=C(N)N)C(=O)N1S(=O)(=O)c1ccc(C)cc1.Cl. The van der Waals surface area contributed by atoms with Gasteiger partial charge in [0.15, 0.2) is 12.0 Å². The quantitative estimate of drug-likeness (QED) is 0.211. The van der Waals surface area contributed by atoms with Crippen LogP contribution in [0.2, 0.25) is 0 Å². The van der Waals surface area contributed by atoms with Crippen LogP contribution in [-0.4, -0.2) is 50.3 Å². The molecule has 1 heterocycles. The highest BCUT2D eigenvalue weighted by atomic mass is 35.5. The Morgan fingerprint density at radius 1 is 1.26 bits per heavy atom. The molecule has 0 radical (unpaired) electrons. The van der Waals surface area contributed by atoms with Gasteiger partial charge < -0.3 is 16.2 Å². The topological polar surface area (TPSA) is 145 Å². The largest absolute Gasteiger partial charge is 0.467 e. The number of guanidine groups is 1. The number of esters is 1. The van der Waals surface area contributed by atoms with Crippen LogP contribution in [0.15, 0.2) is 34.2 Å². The van der Waals surface area contributed by atoms with Gasteiger partial charge in [0.25, 0.3) is 10.0 Å². The number of nitrogens with two attached hydrogens (primary N) is 2. The molecule has 1 aromatic carbocycles. The molecule has 0 aliphatic carbocycles. The summed E-state index contributed by atoms with van der Waals surface area (Å²) in [5.74, 6) is -2.26. The van der Waals surface area contributed by atoms with Gasteiger partial charge in [-0.05, 0) is 31.9 Å². The normalized spacial score (nSPS) is 18.9. The van der Waals surface area contributed by atoms with E-state index in [1.807, 2.05) is 6.92 Å². The summed E-state index contributed by atoms with van der Waals surface area (Å²) < 4.78 is 30.8. The van der Waals surface area contributed by atoms with Crippen LogP contribution in [0.3, 0.4) is 0 Å². The standard InChI is InChI=1S/C16H22N4O5S.ClH/c1-10-5-7-11(8-6-10)26(23,24)20-13(15(22)25-2)12(14(20)21)4-3-9-19-16(17)18;/h5-8,12-13H,3-4,9H2,1-2H3,(H4,17,18,19);1H/t12-,13+;/m0./s1. The number of hydrogen-bond donors (Lipinski definition) is 2. The number of methoxy groups -OCH3 is 1. The molecule has 0 bridgehead atoms. The second kappa shape index (κ2) is 9.05. The zero-order valence-corrected chi connectivity index (χ0v) is 16.6. The fraction of sp³-hybridized carbons (Fsp3) is 0.438. The molecular formula is C16H23ClN4O5S. The van der Waals surface area contributed by atoms with Crippen LogP contribution in [0.4, 0.5) is 0 Å². The fourth-order valence-corrected chi connectivity index (χ4v) is 4.40. The number of benzene rings is 1. The van der Waals surface area contributed by atoms with Crippen molar-refractivity contribution in [3.63, 3.8) is 0 Å². The summed E-state index contributed by atoms with van der Waals surface area (Å²) in [7, 11) is -2.98. The van der Waals surface area contributed by atoms with Gasteiger partial charge in [-0.15, -0.1) is 12.4 Å². The maximum absolute atomic E-state index is 12.8. The minimum Gasteiger partial charge on any atom is -0.467 e. The van der Waals surface area contributed by atoms with Crippen molar-refractivity contribution in [2.75, 3.05) is 13.7 Å². The molecule has 0 saturated carbocycles. The molecule has 1 aliphatic heterocycles. The number of carbonyl (C=O) groups is 2. The van der Waals surface area contributed by atoms with Crippen LogP contribution >= 0.6 is 12.4 Å². The first-order valence-electron chi connectivity index (χ1n) is 7.98. The Kier molecular flexibility index (Phi) is 7.61. The summed E-state index contributed by atoms with van der Waals surface area (Å²) >= 11 is 0. The van der Waals surface area contributed by atoms with Crippen molar-refractivity contribution in [3.05, 3.63) is 29.8 Å². The summed E-state index contributed by atoms with van der Waals surface area (Å²) in [6, 6.07) is 4.86. The van der Waals surface area contributed by atoms with Crippen molar-refractivity contribution >= 4 is 40.3 Å². The number of nitrogens with zero attached hydrogens (tertiary/aromatic N) is 2. The molecule has 11 heteroatoms. The number of carbonyl (C=O) groups excluding carboxylic acids is 2. The highest BCUT2D eigenvalue weighted by Crippen LogP contribution is 2.36. The fourth-order valence-electron chi connectivity index (χ4n) is 2.79. The van der Waals surface area contributed by atoms with E-state index in [1.165, 1.54) is 12.1 Å². The van der Waals surface area contributed by atoms with Crippen molar-refractivity contribution in [1.82, 2.24) is 4.31 Å². The van der Waals surface area contributed by atoms with Crippen molar-refractivity contribution in [3.8, 4) is 0 Å². The molecule has 0 spiro atoms. The maximum atomic E-state index is 12.8. The Bertz CT molecular complexity index is 822. The summed E-state index contributed by atoms with van der Waals surface area (Å²) in [5.41, 5.74) is 11.3. The molecule has 2 atom stereocenters. The van der Waals surface area contributed by atoms with Crippen molar-refractivity contribution in [2.24, 2.45) is 22.4 Å². The van der Waals surface area contributed by atoms with E-state index in [1.54, 1.807) is 12.1 Å². The predicted molar refractivity (Wildman–Crippen MR) is 102 cm³/mol. The third-order valence-electron chi connectivity index (χ3n) is 4.16. The van der Waals surface area contributed by atoms with Crippen molar-refractivity contribution < 1.29 is 22.7 Å². The second-order valence-electron chi connectivity index (χ2n) is 5.98. The van der Waals surface area contributed by atoms with E-state index in [4.69, 9.17) is 16.2 Å². The number of ether oxygens (including phenoxy) is 1. The summed E-state index contributed by atoms with van der Waals surface area (Å²) in [5, 5.41) is 0. The number of aliphatic imine (C=N–C) groups is 1. The van der Waals surface area contributed by atoms with Crippen LogP contribution in [0.5, 0.6) is 0 Å². The minimum absolute atomic E-state index is 0. The number of hydrogen-bond acceptors (Lipinski definition) is 6. The van der Waals surface area contributed by atoms with Gasteiger partial charge in [0, 0.05) is 6.54 Å². The van der Waals surface area contributed by atoms with E-state index in [2.05, 4.69) is 4.99 Å². The van der Waals surface area contributed by atoms with Crippen molar-refractivity contribution in [2.45, 2.75) is 30.7 Å². The Balaban J connectivity index is 0.00000364. The van der Waals surface area contributed by atoms with E-state index in [0.29, 0.717) is 10.7 Å². The molecule has 0 aromatic heterocycles. The number of sulfonamides is 1. The zero-order chi connectivity index (χ0) is 19.5. The van der Waals surface area contributed by atoms with E-state index in [9.17, 15) is 18.0 Å². The number of halogens is 1. The van der Waals surface area contributed by atoms with Gasteiger partial charge in [-0.1, -0.05) is 17.7 Å². The van der Waals surface area contributed by atoms with Gasteiger partial charge in [0.1, 0.15) is 0 Å². The molecule has 1 aromatic rings. The van der Waals surface area contributed by atoms with Crippen LogP contribution < -0.4 is 11.5 Å². The molecule has 1 saturated heterocycles. The Morgan fingerprint density at radius 3 is 2.37 bits per heavy atom. The Labute approximate surface area is 164 Å². The lowest BCUT2D eigenvalue weighted by molar-refractivity contribution is -0.165. The lowest BCUT2D eigenvalue weighted by atomic mass is 9.86. The van der Waals surface area contributed by atoms with E-state index in [0.717, 1.165) is 12.7 Å². The van der Waals surface area contributed by atoms with E-state index in [-0.39, 0.29) is 36.2 Å². The molecule has 1 amide bonds. The summed E-state index contributed by atoms with van der Waals surface area (Å²) in [6.07, 6.45) is 0.704. The van der Waals surface area contributed by atoms with Crippen LogP contribution in [0, 0.1) is 12.8 Å². The summed E-state index contributed by atoms with van der Waals surface area (Å²) in [4.78, 5) is 28.3. The lowest BCUT2D eigenvalue weighted by Crippen LogP contribution is -2.66. The first-order chi connectivity index (χ1) is 12.2. The lowest BCUT2D eigenvalue weighted by Gasteiger charge is -2.43. The molecule has 2 rings (SSSR count). The maximum Gasteiger partial charge on any atom is 0.330 e. The van der Waals surface area contributed by atoms with Gasteiger partial charge in [0.2, 0.25) is 5.91 Å². The third kappa shape index (κ3) is 4.69. The molecule has 4 N–H and O–H groups in total. The van der Waals surface area contributed by atoms with Crippen LogP contribution in [0.1, 0.15) is 18.4 Å². The van der Waals surface area contributed by atoms with Gasteiger partial charge in [-0.3, -0.25) is 9.79 Å². The highest BCUT2D eigenvalue weighted by molar-refractivity contribution is 7.89. The molecule has 1 fully saturated rings. The zero-order valence-electron chi connectivity index (χ0n) is 15.0. The van der Waals surface area contributed by atoms with E-state index >= 15 is 0 Å². The molecule has 1 aliphatic rings. The van der Waals surface area contributed by atoms with Gasteiger partial charge in [-0.2, -0.15) is 0 Å². The first-order valence-corrected chi connectivity index (χ1v) is 9.42. The average molecular weight is 419 g/mol. The summed E-state index contributed by atoms with van der Waals surface area (Å²) in [6.45, 7) is 2.10. The van der Waals surface area contributed by atoms with Crippen LogP contribution in [-0.2, 0) is 24.3 Å². The molecular weight excluding hydrogens is 396 g/mol. The number of amides is 1. The third-order valence-corrected chi connectivity index (χ3v) is 5.95. The molecule has 27 heavy (non-hydrogen) atoms.